The van der Waals surface area contributed by atoms with Gasteiger partial charge in [-0.15, -0.1) is 14.7 Å². The molecule has 1 aliphatic heterocycles. The maximum atomic E-state index is 11.7. The summed E-state index contributed by atoms with van der Waals surface area (Å²) in [6.45, 7) is 10.3. The SMILES string of the molecule is CCN(NS(C)(=O)=O)c1ccc(N=C2C(C(C)(C)C)=Nn3nc(-c4ccc(NS(=O)[O-])cc4)nc32)c(C)c1. The van der Waals surface area contributed by atoms with Crippen LogP contribution in [0, 0.1) is 12.3 Å². The number of aromatic nitrogens is 3. The Labute approximate surface area is 224 Å². The second-order valence-electron chi connectivity index (χ2n) is 9.80. The van der Waals surface area contributed by atoms with Crippen molar-refractivity contribution in [1.29, 1.82) is 0 Å². The van der Waals surface area contributed by atoms with E-state index >= 15 is 0 Å². The van der Waals surface area contributed by atoms with Gasteiger partial charge in [-0.1, -0.05) is 20.8 Å². The molecule has 1 aromatic heterocycles. The van der Waals surface area contributed by atoms with Crippen LogP contribution in [0.3, 0.4) is 0 Å². The molecular weight excluding hydrogens is 528 g/mol. The third-order valence-corrected chi connectivity index (χ3v) is 6.55. The first-order chi connectivity index (χ1) is 17.7. The van der Waals surface area contributed by atoms with Gasteiger partial charge in [-0.3, -0.25) is 9.22 Å². The third kappa shape index (κ3) is 6.15. The van der Waals surface area contributed by atoms with Crippen LogP contribution in [0.2, 0.25) is 0 Å². The van der Waals surface area contributed by atoms with Gasteiger partial charge >= 0.3 is 0 Å². The summed E-state index contributed by atoms with van der Waals surface area (Å²) in [6.07, 6.45) is 1.11. The number of aliphatic imine (C=N–C) groups is 1. The van der Waals surface area contributed by atoms with Crippen LogP contribution in [-0.4, -0.2) is 56.3 Å². The van der Waals surface area contributed by atoms with Crippen LogP contribution < -0.4 is 14.6 Å². The Morgan fingerprint density at radius 3 is 2.39 bits per heavy atom. The van der Waals surface area contributed by atoms with E-state index in [1.54, 1.807) is 35.3 Å². The summed E-state index contributed by atoms with van der Waals surface area (Å²) in [5, 5.41) is 10.8. The molecule has 0 saturated carbocycles. The fourth-order valence-corrected chi connectivity index (χ4v) is 4.80. The molecule has 0 aliphatic carbocycles. The van der Waals surface area contributed by atoms with Crippen molar-refractivity contribution < 1.29 is 17.2 Å². The summed E-state index contributed by atoms with van der Waals surface area (Å²) < 4.78 is 47.5. The molecule has 0 fully saturated rings. The van der Waals surface area contributed by atoms with Gasteiger partial charge in [0.15, 0.2) is 5.82 Å². The van der Waals surface area contributed by atoms with Gasteiger partial charge in [0, 0.05) is 34.5 Å². The van der Waals surface area contributed by atoms with E-state index < -0.39 is 21.3 Å². The van der Waals surface area contributed by atoms with Gasteiger partial charge in [-0.2, -0.15) is 5.10 Å². The van der Waals surface area contributed by atoms with Crippen molar-refractivity contribution in [2.45, 2.75) is 34.6 Å². The molecule has 1 atom stereocenters. The molecule has 0 spiro atoms. The lowest BCUT2D eigenvalue weighted by atomic mass is 9.87. The molecule has 1 aliphatic rings. The number of sulfonamides is 1. The Hall–Kier alpha value is -3.46. The summed E-state index contributed by atoms with van der Waals surface area (Å²) >= 11 is -2.41. The number of nitrogens with zero attached hydrogens (tertiary/aromatic N) is 6. The van der Waals surface area contributed by atoms with E-state index in [9.17, 15) is 17.2 Å². The van der Waals surface area contributed by atoms with Crippen molar-refractivity contribution >= 4 is 49.8 Å². The maximum absolute atomic E-state index is 11.7. The highest BCUT2D eigenvalue weighted by Crippen LogP contribution is 2.31. The zero-order valence-electron chi connectivity index (χ0n) is 21.9. The highest BCUT2D eigenvalue weighted by atomic mass is 32.2. The molecule has 0 saturated heterocycles. The third-order valence-electron chi connectivity index (χ3n) is 5.59. The Morgan fingerprint density at radius 2 is 1.84 bits per heavy atom. The summed E-state index contributed by atoms with van der Waals surface area (Å²) in [6, 6.07) is 12.2. The lowest BCUT2D eigenvalue weighted by Crippen LogP contribution is -2.41. The number of nitrogens with one attached hydrogen (secondary N) is 2. The second-order valence-corrected chi connectivity index (χ2v) is 12.2. The Kier molecular flexibility index (Phi) is 7.52. The number of rotatable bonds is 8. The first kappa shape index (κ1) is 27.6. The van der Waals surface area contributed by atoms with Gasteiger partial charge in [0.05, 0.1) is 23.3 Å². The fraction of sp³-hybridized carbons (Fsp3) is 0.333. The van der Waals surface area contributed by atoms with Gasteiger partial charge in [-0.25, -0.2) is 18.4 Å². The van der Waals surface area contributed by atoms with Crippen LogP contribution >= 0.6 is 0 Å². The van der Waals surface area contributed by atoms with E-state index in [1.165, 1.54) is 4.79 Å². The average molecular weight is 558 g/mol. The number of hydrogen-bond donors (Lipinski definition) is 2. The zero-order chi connectivity index (χ0) is 27.8. The molecule has 0 radical (unpaired) electrons. The summed E-state index contributed by atoms with van der Waals surface area (Å²) in [4.78, 5) is 13.6. The molecule has 4 rings (SSSR count). The van der Waals surface area contributed by atoms with Gasteiger partial charge in [-0.05, 0) is 61.9 Å². The highest BCUT2D eigenvalue weighted by molar-refractivity contribution is 7.88. The van der Waals surface area contributed by atoms with Crippen molar-refractivity contribution in [1.82, 2.24) is 19.7 Å². The molecule has 2 heterocycles. The Bertz CT molecular complexity index is 1550. The van der Waals surface area contributed by atoms with E-state index in [-0.39, 0.29) is 5.41 Å². The summed E-state index contributed by atoms with van der Waals surface area (Å²) in [5.41, 5.74) is 4.33. The van der Waals surface area contributed by atoms with Crippen molar-refractivity contribution in [2.24, 2.45) is 15.5 Å². The van der Waals surface area contributed by atoms with Crippen molar-refractivity contribution in [3.05, 3.63) is 53.9 Å². The zero-order valence-corrected chi connectivity index (χ0v) is 23.5. The molecular formula is C24H29N8O4S2-. The average Bonchev–Trinajstić information content (AvgIpc) is 3.37. The largest absolute Gasteiger partial charge is 0.755 e. The van der Waals surface area contributed by atoms with E-state index in [0.717, 1.165) is 17.5 Å². The van der Waals surface area contributed by atoms with E-state index in [2.05, 4.69) is 19.8 Å². The van der Waals surface area contributed by atoms with E-state index in [1.807, 2.05) is 46.8 Å². The van der Waals surface area contributed by atoms with Crippen molar-refractivity contribution in [2.75, 3.05) is 22.5 Å². The van der Waals surface area contributed by atoms with Crippen LogP contribution in [0.25, 0.3) is 11.4 Å². The molecule has 14 heteroatoms. The maximum Gasteiger partial charge on any atom is 0.225 e. The molecule has 202 valence electrons. The predicted octanol–water partition coefficient (Wildman–Crippen LogP) is 3.13. The first-order valence-electron chi connectivity index (χ1n) is 11.7. The Morgan fingerprint density at radius 1 is 1.16 bits per heavy atom. The number of anilines is 2. The number of hydrazine groups is 1. The Balaban J connectivity index is 1.72. The van der Waals surface area contributed by atoms with Crippen molar-refractivity contribution in [3.8, 4) is 11.4 Å². The highest BCUT2D eigenvalue weighted by Gasteiger charge is 2.35. The fourth-order valence-electron chi connectivity index (χ4n) is 3.84. The number of hydrogen-bond acceptors (Lipinski definition) is 9. The molecule has 3 aromatic rings. The molecule has 0 bridgehead atoms. The summed E-state index contributed by atoms with van der Waals surface area (Å²) in [7, 11) is -3.43. The van der Waals surface area contributed by atoms with Crippen molar-refractivity contribution in [3.63, 3.8) is 0 Å². The minimum absolute atomic E-state index is 0.338. The van der Waals surface area contributed by atoms with Crippen LogP contribution in [0.1, 0.15) is 39.1 Å². The van der Waals surface area contributed by atoms with Crippen LogP contribution in [0.4, 0.5) is 17.1 Å². The molecule has 38 heavy (non-hydrogen) atoms. The van der Waals surface area contributed by atoms with Crippen LogP contribution in [0.5, 0.6) is 0 Å². The van der Waals surface area contributed by atoms with E-state index in [4.69, 9.17) is 9.98 Å². The van der Waals surface area contributed by atoms with Gasteiger partial charge in [0.1, 0.15) is 5.71 Å². The van der Waals surface area contributed by atoms with Crippen LogP contribution in [-0.2, 0) is 21.3 Å². The summed E-state index contributed by atoms with van der Waals surface area (Å²) in [5.74, 6) is 0.918. The molecule has 1 unspecified atom stereocenters. The molecule has 0 amide bonds. The number of benzene rings is 2. The minimum atomic E-state index is -3.43. The first-order valence-corrected chi connectivity index (χ1v) is 14.7. The molecule has 2 aromatic carbocycles. The lowest BCUT2D eigenvalue weighted by Gasteiger charge is -2.23. The standard InChI is InChI=1S/C24H30N8O4S2/c1-7-31(30-38(6,35)36)18-12-13-19(15(2)14-18)25-20-21(24(3,4)5)27-32-23(20)26-22(28-32)16-8-10-17(11-9-16)29-37(33)34/h8-14,29-30H,7H2,1-6H3,(H,33,34)/p-1. The van der Waals surface area contributed by atoms with Gasteiger partial charge in [0.2, 0.25) is 15.8 Å². The molecule has 12 nitrogen and oxygen atoms in total. The van der Waals surface area contributed by atoms with Gasteiger partial charge in [0.25, 0.3) is 0 Å². The lowest BCUT2D eigenvalue weighted by molar-refractivity contribution is 0.542. The predicted molar refractivity (Wildman–Crippen MR) is 149 cm³/mol. The normalized spacial score (nSPS) is 15.3. The number of aryl methyl sites for hydroxylation is 1. The monoisotopic (exact) mass is 557 g/mol. The minimum Gasteiger partial charge on any atom is -0.755 e. The number of fused-ring (bicyclic) bond motifs is 1. The second kappa shape index (κ2) is 10.4. The van der Waals surface area contributed by atoms with E-state index in [0.29, 0.717) is 46.5 Å². The van der Waals surface area contributed by atoms with Gasteiger partial charge < -0.3 is 9.27 Å². The smallest absolute Gasteiger partial charge is 0.225 e. The quantitative estimate of drug-likeness (QED) is 0.318. The molecule has 2 N–H and O–H groups in total. The van der Waals surface area contributed by atoms with Crippen LogP contribution in [0.15, 0.2) is 52.6 Å². The topological polar surface area (TPSA) is 157 Å².